The lowest BCUT2D eigenvalue weighted by molar-refractivity contribution is -0.116. The summed E-state index contributed by atoms with van der Waals surface area (Å²) in [5, 5.41) is 4.03. The van der Waals surface area contributed by atoms with E-state index < -0.39 is 0 Å². The minimum atomic E-state index is -0.135. The summed E-state index contributed by atoms with van der Waals surface area (Å²) < 4.78 is 0.955. The van der Waals surface area contributed by atoms with E-state index in [4.69, 9.17) is 17.3 Å². The van der Waals surface area contributed by atoms with Crippen molar-refractivity contribution in [2.24, 2.45) is 11.7 Å². The number of rotatable bonds is 4. The van der Waals surface area contributed by atoms with E-state index in [0.29, 0.717) is 16.6 Å². The lowest BCUT2D eigenvalue weighted by Gasteiger charge is -2.14. The molecule has 0 radical (unpaired) electrons. The van der Waals surface area contributed by atoms with Crippen LogP contribution in [0.1, 0.15) is 20.3 Å². The Morgan fingerprint density at radius 2 is 2.26 bits per heavy atom. The van der Waals surface area contributed by atoms with Gasteiger partial charge in [-0.3, -0.25) is 4.79 Å². The molecule has 1 amide bonds. The number of hydrogen-bond donors (Lipinski definition) is 2. The van der Waals surface area contributed by atoms with Gasteiger partial charge < -0.3 is 11.1 Å². The number of thiazole rings is 1. The molecule has 0 aliphatic heterocycles. The van der Waals surface area contributed by atoms with Crippen LogP contribution in [0.3, 0.4) is 0 Å². The fourth-order valence-electron chi connectivity index (χ4n) is 1.57. The summed E-state index contributed by atoms with van der Waals surface area (Å²) in [4.78, 5) is 16.2. The van der Waals surface area contributed by atoms with Crippen LogP contribution in [0.4, 0.5) is 5.13 Å². The van der Waals surface area contributed by atoms with Gasteiger partial charge in [0.05, 0.1) is 10.2 Å². The van der Waals surface area contributed by atoms with Crippen molar-refractivity contribution in [3.8, 4) is 0 Å². The van der Waals surface area contributed by atoms with Gasteiger partial charge in [0.25, 0.3) is 0 Å². The maximum absolute atomic E-state index is 11.8. The van der Waals surface area contributed by atoms with E-state index in [0.717, 1.165) is 10.2 Å². The molecule has 0 aliphatic carbocycles. The molecule has 0 fully saturated rings. The van der Waals surface area contributed by atoms with Crippen LogP contribution in [-0.2, 0) is 4.79 Å². The molecule has 102 valence electrons. The number of nitrogens with two attached hydrogens (primary N) is 1. The molecule has 1 aromatic heterocycles. The fraction of sp³-hybridized carbons (Fsp3) is 0.385. The van der Waals surface area contributed by atoms with Crippen molar-refractivity contribution >= 4 is 44.2 Å². The van der Waals surface area contributed by atoms with Crippen molar-refractivity contribution in [3.63, 3.8) is 0 Å². The third-order valence-corrected chi connectivity index (χ3v) is 4.04. The molecule has 4 nitrogen and oxygen atoms in total. The molecule has 6 heteroatoms. The zero-order chi connectivity index (χ0) is 14.0. The van der Waals surface area contributed by atoms with E-state index in [9.17, 15) is 4.79 Å². The van der Waals surface area contributed by atoms with Crippen molar-refractivity contribution in [1.29, 1.82) is 0 Å². The highest BCUT2D eigenvalue weighted by Crippen LogP contribution is 2.28. The Balaban J connectivity index is 2.07. The van der Waals surface area contributed by atoms with Crippen molar-refractivity contribution < 1.29 is 4.79 Å². The summed E-state index contributed by atoms with van der Waals surface area (Å²) in [6, 6.07) is 5.32. The van der Waals surface area contributed by atoms with Gasteiger partial charge in [-0.15, -0.1) is 0 Å². The number of amides is 1. The minimum Gasteiger partial charge on any atom is -0.327 e. The lowest BCUT2D eigenvalue weighted by Crippen LogP contribution is -2.31. The van der Waals surface area contributed by atoms with Crippen LogP contribution in [0.2, 0.25) is 5.02 Å². The number of halogens is 1. The Kier molecular flexibility index (Phi) is 4.39. The van der Waals surface area contributed by atoms with E-state index in [1.807, 2.05) is 26.0 Å². The summed E-state index contributed by atoms with van der Waals surface area (Å²) >= 11 is 7.32. The number of hydrogen-bond acceptors (Lipinski definition) is 4. The molecule has 0 saturated carbocycles. The molecule has 0 spiro atoms. The van der Waals surface area contributed by atoms with E-state index in [2.05, 4.69) is 10.3 Å². The molecule has 1 aromatic carbocycles. The van der Waals surface area contributed by atoms with Crippen LogP contribution < -0.4 is 11.1 Å². The predicted octanol–water partition coefficient (Wildman–Crippen LogP) is 3.26. The Labute approximate surface area is 121 Å². The minimum absolute atomic E-state index is 0.105. The van der Waals surface area contributed by atoms with E-state index in [1.165, 1.54) is 11.3 Å². The van der Waals surface area contributed by atoms with Crippen LogP contribution >= 0.6 is 22.9 Å². The zero-order valence-electron chi connectivity index (χ0n) is 10.8. The number of carbonyl (C=O) groups excluding carboxylic acids is 1. The van der Waals surface area contributed by atoms with Crippen molar-refractivity contribution in [2.75, 3.05) is 5.32 Å². The first-order chi connectivity index (χ1) is 8.95. The van der Waals surface area contributed by atoms with Crippen molar-refractivity contribution in [2.45, 2.75) is 26.3 Å². The molecule has 0 aliphatic rings. The fourth-order valence-corrected chi connectivity index (χ4v) is 2.73. The Morgan fingerprint density at radius 3 is 2.95 bits per heavy atom. The van der Waals surface area contributed by atoms with Gasteiger partial charge in [-0.2, -0.15) is 0 Å². The SMILES string of the molecule is CC(C)C(N)CC(=O)Nc1nc2ccc(Cl)cc2s1. The maximum Gasteiger partial charge on any atom is 0.227 e. The van der Waals surface area contributed by atoms with Crippen molar-refractivity contribution in [3.05, 3.63) is 23.2 Å². The van der Waals surface area contributed by atoms with Crippen LogP contribution in [0.5, 0.6) is 0 Å². The van der Waals surface area contributed by atoms with E-state index in [1.54, 1.807) is 6.07 Å². The lowest BCUT2D eigenvalue weighted by atomic mass is 10.0. The van der Waals surface area contributed by atoms with Crippen molar-refractivity contribution in [1.82, 2.24) is 4.98 Å². The number of nitrogens with zero attached hydrogens (tertiary/aromatic N) is 1. The van der Waals surface area contributed by atoms with Gasteiger partial charge >= 0.3 is 0 Å². The molecule has 3 N–H and O–H groups in total. The van der Waals surface area contributed by atoms with Gasteiger partial charge in [0.2, 0.25) is 5.91 Å². The number of benzene rings is 1. The number of carbonyl (C=O) groups is 1. The molecule has 1 unspecified atom stereocenters. The number of fused-ring (bicyclic) bond motifs is 1. The van der Waals surface area contributed by atoms with E-state index >= 15 is 0 Å². The average Bonchev–Trinajstić information content (AvgIpc) is 2.69. The first kappa shape index (κ1) is 14.2. The highest BCUT2D eigenvalue weighted by Gasteiger charge is 2.14. The van der Waals surface area contributed by atoms with Crippen LogP contribution in [0.15, 0.2) is 18.2 Å². The second-order valence-corrected chi connectivity index (χ2v) is 6.26. The first-order valence-corrected chi connectivity index (χ1v) is 7.26. The van der Waals surface area contributed by atoms with Gasteiger partial charge in [-0.05, 0) is 24.1 Å². The maximum atomic E-state index is 11.8. The second kappa shape index (κ2) is 5.86. The molecule has 1 heterocycles. The van der Waals surface area contributed by atoms with Crippen LogP contribution in [0.25, 0.3) is 10.2 Å². The molecule has 2 rings (SSSR count). The molecule has 19 heavy (non-hydrogen) atoms. The summed E-state index contributed by atoms with van der Waals surface area (Å²) in [5.74, 6) is 0.172. The Bertz CT molecular complexity index is 597. The number of anilines is 1. The van der Waals surface area contributed by atoms with Crippen LogP contribution in [-0.4, -0.2) is 16.9 Å². The van der Waals surface area contributed by atoms with Gasteiger partial charge in [0, 0.05) is 17.5 Å². The van der Waals surface area contributed by atoms with Gasteiger partial charge in [0.1, 0.15) is 0 Å². The number of aromatic nitrogens is 1. The smallest absolute Gasteiger partial charge is 0.227 e. The summed E-state index contributed by atoms with van der Waals surface area (Å²) in [6.07, 6.45) is 0.300. The zero-order valence-corrected chi connectivity index (χ0v) is 12.4. The second-order valence-electron chi connectivity index (χ2n) is 4.79. The first-order valence-electron chi connectivity index (χ1n) is 6.07. The highest BCUT2D eigenvalue weighted by atomic mass is 35.5. The summed E-state index contributed by atoms with van der Waals surface area (Å²) in [6.45, 7) is 4.00. The summed E-state index contributed by atoms with van der Waals surface area (Å²) in [7, 11) is 0. The monoisotopic (exact) mass is 297 g/mol. The molecule has 1 atom stereocenters. The molecule has 0 saturated heterocycles. The average molecular weight is 298 g/mol. The molecular formula is C13H16ClN3OS. The largest absolute Gasteiger partial charge is 0.327 e. The Hall–Kier alpha value is -1.17. The normalized spacial score (nSPS) is 12.9. The standard InChI is InChI=1S/C13H16ClN3OS/c1-7(2)9(15)6-12(18)17-13-16-10-4-3-8(14)5-11(10)19-13/h3-5,7,9H,6,15H2,1-2H3,(H,16,17,18). The van der Waals surface area contributed by atoms with Crippen LogP contribution in [0, 0.1) is 5.92 Å². The third-order valence-electron chi connectivity index (χ3n) is 2.87. The Morgan fingerprint density at radius 1 is 1.53 bits per heavy atom. The summed E-state index contributed by atoms with van der Waals surface area (Å²) in [5.41, 5.74) is 6.70. The quantitative estimate of drug-likeness (QED) is 0.910. The van der Waals surface area contributed by atoms with E-state index in [-0.39, 0.29) is 17.9 Å². The molecule has 2 aromatic rings. The van der Waals surface area contributed by atoms with Gasteiger partial charge in [-0.1, -0.05) is 36.8 Å². The predicted molar refractivity (Wildman–Crippen MR) is 80.7 cm³/mol. The van der Waals surface area contributed by atoms with Gasteiger partial charge in [0.15, 0.2) is 5.13 Å². The third kappa shape index (κ3) is 3.65. The topological polar surface area (TPSA) is 68.0 Å². The van der Waals surface area contributed by atoms with Gasteiger partial charge in [-0.25, -0.2) is 4.98 Å². The molecule has 0 bridgehead atoms. The number of nitrogens with one attached hydrogen (secondary N) is 1. The highest BCUT2D eigenvalue weighted by molar-refractivity contribution is 7.22. The molecular weight excluding hydrogens is 282 g/mol.